The van der Waals surface area contributed by atoms with Crippen LogP contribution in [0.2, 0.25) is 0 Å². The Bertz CT molecular complexity index is 655. The standard InChI is InChI=1S/C22H28N2O2/c1-16-14-24(15-17(2)26-16)18(3)22(25)23-21(19-10-6-4-7-11-19)20-12-8-5-9-13-20/h4-13,16-18,21H,14-15H2,1-3H3,(H,23,25)/p+1/t16-,17+,18-/m0/s1. The molecular formula is C22H29N2O2+. The maximum absolute atomic E-state index is 13.0. The zero-order chi connectivity index (χ0) is 18.5. The van der Waals surface area contributed by atoms with Gasteiger partial charge in [0.25, 0.3) is 5.91 Å². The maximum atomic E-state index is 13.0. The Kier molecular flexibility index (Phi) is 6.07. The first-order valence-electron chi connectivity index (χ1n) is 9.45. The molecule has 2 N–H and O–H groups in total. The van der Waals surface area contributed by atoms with Crippen LogP contribution in [0.5, 0.6) is 0 Å². The van der Waals surface area contributed by atoms with Gasteiger partial charge < -0.3 is 15.0 Å². The van der Waals surface area contributed by atoms with E-state index in [-0.39, 0.29) is 30.2 Å². The van der Waals surface area contributed by atoms with Crippen LogP contribution < -0.4 is 10.2 Å². The quantitative estimate of drug-likeness (QED) is 0.863. The van der Waals surface area contributed by atoms with Crippen LogP contribution in [-0.4, -0.2) is 37.2 Å². The van der Waals surface area contributed by atoms with Gasteiger partial charge in [0.2, 0.25) is 0 Å². The second-order valence-electron chi connectivity index (χ2n) is 7.31. The van der Waals surface area contributed by atoms with Crippen molar-refractivity contribution in [1.82, 2.24) is 5.32 Å². The van der Waals surface area contributed by atoms with E-state index >= 15 is 0 Å². The number of nitrogens with one attached hydrogen (secondary N) is 2. The van der Waals surface area contributed by atoms with Gasteiger partial charge in [-0.2, -0.15) is 0 Å². The molecule has 0 saturated carbocycles. The Labute approximate surface area is 156 Å². The van der Waals surface area contributed by atoms with Crippen molar-refractivity contribution in [2.24, 2.45) is 0 Å². The molecular weight excluding hydrogens is 324 g/mol. The van der Waals surface area contributed by atoms with Crippen molar-refractivity contribution in [2.45, 2.75) is 45.1 Å². The van der Waals surface area contributed by atoms with E-state index in [4.69, 9.17) is 4.74 Å². The third-order valence-electron chi connectivity index (χ3n) is 5.12. The zero-order valence-electron chi connectivity index (χ0n) is 15.8. The van der Waals surface area contributed by atoms with Crippen molar-refractivity contribution in [1.29, 1.82) is 0 Å². The number of amides is 1. The highest BCUT2D eigenvalue weighted by Crippen LogP contribution is 2.21. The van der Waals surface area contributed by atoms with Crippen LogP contribution in [0, 0.1) is 0 Å². The summed E-state index contributed by atoms with van der Waals surface area (Å²) in [5.74, 6) is 0.0824. The minimum Gasteiger partial charge on any atom is -0.364 e. The molecule has 2 aromatic rings. The van der Waals surface area contributed by atoms with E-state index in [1.807, 2.05) is 43.3 Å². The van der Waals surface area contributed by atoms with E-state index in [0.29, 0.717) is 0 Å². The molecule has 4 atom stereocenters. The number of rotatable bonds is 5. The molecule has 0 radical (unpaired) electrons. The summed E-state index contributed by atoms with van der Waals surface area (Å²) in [7, 11) is 0. The summed E-state index contributed by atoms with van der Waals surface area (Å²) in [6.07, 6.45) is 0.367. The Morgan fingerprint density at radius 1 is 0.962 bits per heavy atom. The monoisotopic (exact) mass is 353 g/mol. The summed E-state index contributed by atoms with van der Waals surface area (Å²) in [5, 5.41) is 3.28. The Balaban J connectivity index is 1.77. The van der Waals surface area contributed by atoms with Crippen molar-refractivity contribution < 1.29 is 14.4 Å². The highest BCUT2D eigenvalue weighted by Gasteiger charge is 2.34. The predicted octanol–water partition coefficient (Wildman–Crippen LogP) is 1.97. The minimum absolute atomic E-state index is 0.0824. The minimum atomic E-state index is -0.136. The summed E-state index contributed by atoms with van der Waals surface area (Å²) in [6, 6.07) is 20.0. The van der Waals surface area contributed by atoms with E-state index in [2.05, 4.69) is 43.4 Å². The average molecular weight is 353 g/mol. The van der Waals surface area contributed by atoms with Gasteiger partial charge in [-0.3, -0.25) is 4.79 Å². The lowest BCUT2D eigenvalue weighted by Gasteiger charge is -2.35. The second kappa shape index (κ2) is 8.47. The van der Waals surface area contributed by atoms with E-state index in [9.17, 15) is 4.79 Å². The van der Waals surface area contributed by atoms with Crippen LogP contribution in [0.1, 0.15) is 37.9 Å². The Morgan fingerprint density at radius 3 is 1.88 bits per heavy atom. The average Bonchev–Trinajstić information content (AvgIpc) is 2.66. The number of hydrogen-bond donors (Lipinski definition) is 2. The molecule has 1 amide bonds. The third kappa shape index (κ3) is 4.51. The molecule has 0 spiro atoms. The van der Waals surface area contributed by atoms with Crippen LogP contribution in [0.25, 0.3) is 0 Å². The largest absolute Gasteiger partial charge is 0.364 e. The van der Waals surface area contributed by atoms with Crippen LogP contribution in [0.15, 0.2) is 60.7 Å². The number of benzene rings is 2. The van der Waals surface area contributed by atoms with Gasteiger partial charge in [0.05, 0.1) is 6.04 Å². The molecule has 2 aromatic carbocycles. The van der Waals surface area contributed by atoms with Crippen LogP contribution in [-0.2, 0) is 9.53 Å². The fourth-order valence-corrected chi connectivity index (χ4v) is 3.77. The summed E-state index contributed by atoms with van der Waals surface area (Å²) in [4.78, 5) is 14.3. The van der Waals surface area contributed by atoms with Crippen LogP contribution in [0.4, 0.5) is 0 Å². The van der Waals surface area contributed by atoms with Gasteiger partial charge in [-0.05, 0) is 31.9 Å². The number of ether oxygens (including phenoxy) is 1. The smallest absolute Gasteiger partial charge is 0.278 e. The van der Waals surface area contributed by atoms with Crippen LogP contribution >= 0.6 is 0 Å². The lowest BCUT2D eigenvalue weighted by molar-refractivity contribution is -0.928. The summed E-state index contributed by atoms with van der Waals surface area (Å²) >= 11 is 0. The summed E-state index contributed by atoms with van der Waals surface area (Å²) < 4.78 is 5.81. The zero-order valence-corrected chi connectivity index (χ0v) is 15.8. The van der Waals surface area contributed by atoms with Gasteiger partial charge in [0, 0.05) is 0 Å². The number of carbonyl (C=O) groups excluding carboxylic acids is 1. The first kappa shape index (κ1) is 18.6. The molecule has 0 bridgehead atoms. The number of morpholine rings is 1. The Morgan fingerprint density at radius 2 is 1.42 bits per heavy atom. The van der Waals surface area contributed by atoms with E-state index in [1.165, 1.54) is 4.90 Å². The fraction of sp³-hybridized carbons (Fsp3) is 0.409. The molecule has 0 aromatic heterocycles. The first-order chi connectivity index (χ1) is 12.5. The van der Waals surface area contributed by atoms with Crippen molar-refractivity contribution in [3.63, 3.8) is 0 Å². The summed E-state index contributed by atoms with van der Waals surface area (Å²) in [6.45, 7) is 7.90. The Hall–Kier alpha value is -2.17. The number of quaternary nitrogens is 1. The summed E-state index contributed by atoms with van der Waals surface area (Å²) in [5.41, 5.74) is 2.19. The molecule has 1 fully saturated rings. The van der Waals surface area contributed by atoms with E-state index < -0.39 is 0 Å². The molecule has 1 aliphatic rings. The van der Waals surface area contributed by atoms with E-state index in [1.54, 1.807) is 0 Å². The molecule has 4 nitrogen and oxygen atoms in total. The van der Waals surface area contributed by atoms with Crippen molar-refractivity contribution >= 4 is 5.91 Å². The molecule has 4 heteroatoms. The predicted molar refractivity (Wildman–Crippen MR) is 103 cm³/mol. The molecule has 1 unspecified atom stereocenters. The second-order valence-corrected chi connectivity index (χ2v) is 7.31. The molecule has 1 saturated heterocycles. The first-order valence-corrected chi connectivity index (χ1v) is 9.45. The molecule has 1 aliphatic heterocycles. The van der Waals surface area contributed by atoms with Gasteiger partial charge in [-0.1, -0.05) is 60.7 Å². The van der Waals surface area contributed by atoms with Gasteiger partial charge in [0.1, 0.15) is 25.3 Å². The topological polar surface area (TPSA) is 42.8 Å². The highest BCUT2D eigenvalue weighted by molar-refractivity contribution is 5.80. The molecule has 26 heavy (non-hydrogen) atoms. The fourth-order valence-electron chi connectivity index (χ4n) is 3.77. The number of carbonyl (C=O) groups is 1. The lowest BCUT2D eigenvalue weighted by Crippen LogP contribution is -3.19. The SMILES string of the molecule is C[C@@H]1C[NH+]([C@@H](C)C(=O)NC(c2ccccc2)c2ccccc2)C[C@H](C)O1. The lowest BCUT2D eigenvalue weighted by atomic mass is 9.98. The van der Waals surface area contributed by atoms with Gasteiger partial charge >= 0.3 is 0 Å². The maximum Gasteiger partial charge on any atom is 0.278 e. The number of hydrogen-bond acceptors (Lipinski definition) is 2. The molecule has 138 valence electrons. The van der Waals surface area contributed by atoms with Crippen molar-refractivity contribution in [3.05, 3.63) is 71.8 Å². The van der Waals surface area contributed by atoms with E-state index in [0.717, 1.165) is 24.2 Å². The molecule has 0 aliphatic carbocycles. The van der Waals surface area contributed by atoms with Crippen molar-refractivity contribution in [3.8, 4) is 0 Å². The van der Waals surface area contributed by atoms with Gasteiger partial charge in [-0.15, -0.1) is 0 Å². The van der Waals surface area contributed by atoms with Crippen LogP contribution in [0.3, 0.4) is 0 Å². The van der Waals surface area contributed by atoms with Gasteiger partial charge in [0.15, 0.2) is 6.04 Å². The highest BCUT2D eigenvalue weighted by atomic mass is 16.5. The molecule has 1 heterocycles. The molecule has 3 rings (SSSR count). The van der Waals surface area contributed by atoms with Crippen molar-refractivity contribution in [2.75, 3.05) is 13.1 Å². The normalized spacial score (nSPS) is 24.2. The van der Waals surface area contributed by atoms with Gasteiger partial charge in [-0.25, -0.2) is 0 Å². The third-order valence-corrected chi connectivity index (χ3v) is 5.12.